The number of oxazole rings is 1. The lowest BCUT2D eigenvalue weighted by Gasteiger charge is -2.07. The first-order valence-corrected chi connectivity index (χ1v) is 8.27. The molecule has 2 amide bonds. The van der Waals surface area contributed by atoms with Gasteiger partial charge in [0.15, 0.2) is 5.78 Å². The van der Waals surface area contributed by atoms with Crippen molar-refractivity contribution in [3.63, 3.8) is 0 Å². The molecule has 2 aromatic carbocycles. The standard InChI is InChI=1S/C20H19N3O3/c1-14(24)16-8-5-9-17(12-16)23-20(25)21-11-10-18-13-26-19(22-18)15-6-3-2-4-7-15/h2-9,12-13H,10-11H2,1H3,(H2,21,23,25). The Hall–Kier alpha value is -3.41. The summed E-state index contributed by atoms with van der Waals surface area (Å²) in [5, 5.41) is 5.47. The van der Waals surface area contributed by atoms with Gasteiger partial charge in [-0.25, -0.2) is 9.78 Å². The van der Waals surface area contributed by atoms with Crippen LogP contribution < -0.4 is 10.6 Å². The van der Waals surface area contributed by atoms with Gasteiger partial charge in [0.2, 0.25) is 5.89 Å². The summed E-state index contributed by atoms with van der Waals surface area (Å²) in [5.41, 5.74) is 2.80. The van der Waals surface area contributed by atoms with Crippen LogP contribution in [-0.2, 0) is 6.42 Å². The Morgan fingerprint density at radius 1 is 1.08 bits per heavy atom. The third-order valence-corrected chi connectivity index (χ3v) is 3.77. The van der Waals surface area contributed by atoms with Gasteiger partial charge in [0, 0.05) is 29.8 Å². The molecule has 0 aliphatic carbocycles. The number of anilines is 1. The van der Waals surface area contributed by atoms with Crippen molar-refractivity contribution in [3.05, 3.63) is 72.1 Å². The summed E-state index contributed by atoms with van der Waals surface area (Å²) in [6.07, 6.45) is 2.15. The average Bonchev–Trinajstić information content (AvgIpc) is 3.11. The van der Waals surface area contributed by atoms with Gasteiger partial charge in [0.05, 0.1) is 5.69 Å². The number of hydrogen-bond acceptors (Lipinski definition) is 4. The molecule has 0 spiro atoms. The Balaban J connectivity index is 1.49. The molecule has 0 saturated heterocycles. The number of rotatable bonds is 6. The lowest BCUT2D eigenvalue weighted by Crippen LogP contribution is -2.30. The van der Waals surface area contributed by atoms with Crippen LogP contribution in [0.1, 0.15) is 23.0 Å². The first-order valence-electron chi connectivity index (χ1n) is 8.27. The van der Waals surface area contributed by atoms with Gasteiger partial charge in [-0.05, 0) is 31.2 Å². The normalized spacial score (nSPS) is 10.3. The number of nitrogens with zero attached hydrogens (tertiary/aromatic N) is 1. The van der Waals surface area contributed by atoms with Crippen molar-refractivity contribution in [2.75, 3.05) is 11.9 Å². The van der Waals surface area contributed by atoms with Gasteiger partial charge in [-0.2, -0.15) is 0 Å². The zero-order valence-electron chi connectivity index (χ0n) is 14.4. The smallest absolute Gasteiger partial charge is 0.319 e. The number of amides is 2. The van der Waals surface area contributed by atoms with Gasteiger partial charge in [0.25, 0.3) is 0 Å². The SMILES string of the molecule is CC(=O)c1cccc(NC(=O)NCCc2coc(-c3ccccc3)n2)c1. The maximum atomic E-state index is 12.0. The molecular formula is C20H19N3O3. The topological polar surface area (TPSA) is 84.2 Å². The summed E-state index contributed by atoms with van der Waals surface area (Å²) in [5.74, 6) is 0.514. The van der Waals surface area contributed by atoms with E-state index in [0.29, 0.717) is 30.1 Å². The molecule has 2 N–H and O–H groups in total. The second-order valence-corrected chi connectivity index (χ2v) is 5.78. The lowest BCUT2D eigenvalue weighted by molar-refractivity contribution is 0.101. The molecule has 0 saturated carbocycles. The van der Waals surface area contributed by atoms with Crippen LogP contribution in [0.15, 0.2) is 65.3 Å². The minimum atomic E-state index is -0.336. The van der Waals surface area contributed by atoms with Crippen LogP contribution in [0, 0.1) is 0 Å². The number of nitrogens with one attached hydrogen (secondary N) is 2. The molecule has 6 heteroatoms. The molecule has 1 aromatic heterocycles. The number of urea groups is 1. The van der Waals surface area contributed by atoms with E-state index in [1.807, 2.05) is 30.3 Å². The Morgan fingerprint density at radius 3 is 2.65 bits per heavy atom. The van der Waals surface area contributed by atoms with Crippen LogP contribution in [0.3, 0.4) is 0 Å². The van der Waals surface area contributed by atoms with Crippen LogP contribution in [0.4, 0.5) is 10.5 Å². The van der Waals surface area contributed by atoms with E-state index in [9.17, 15) is 9.59 Å². The number of benzene rings is 2. The van der Waals surface area contributed by atoms with Crippen molar-refractivity contribution >= 4 is 17.5 Å². The van der Waals surface area contributed by atoms with Crippen molar-refractivity contribution in [1.82, 2.24) is 10.3 Å². The van der Waals surface area contributed by atoms with Crippen molar-refractivity contribution in [1.29, 1.82) is 0 Å². The van der Waals surface area contributed by atoms with E-state index in [-0.39, 0.29) is 11.8 Å². The van der Waals surface area contributed by atoms with Gasteiger partial charge in [-0.1, -0.05) is 30.3 Å². The maximum Gasteiger partial charge on any atom is 0.319 e. The number of carbonyl (C=O) groups excluding carboxylic acids is 2. The Kier molecular flexibility index (Phi) is 5.43. The van der Waals surface area contributed by atoms with Crippen LogP contribution in [0.25, 0.3) is 11.5 Å². The molecule has 0 aliphatic heterocycles. The third kappa shape index (κ3) is 4.57. The molecule has 6 nitrogen and oxygen atoms in total. The number of hydrogen-bond donors (Lipinski definition) is 2. The number of Topliss-reactive ketones (excluding diaryl/α,β-unsaturated/α-hetero) is 1. The van der Waals surface area contributed by atoms with E-state index in [0.717, 1.165) is 11.3 Å². The highest BCUT2D eigenvalue weighted by Gasteiger charge is 2.08. The van der Waals surface area contributed by atoms with Gasteiger partial charge in [-0.15, -0.1) is 0 Å². The maximum absolute atomic E-state index is 12.0. The average molecular weight is 349 g/mol. The molecule has 132 valence electrons. The molecule has 0 fully saturated rings. The van der Waals surface area contributed by atoms with E-state index in [1.54, 1.807) is 30.5 Å². The molecule has 0 aliphatic rings. The summed E-state index contributed by atoms with van der Waals surface area (Å²) in [6, 6.07) is 16.1. The zero-order valence-corrected chi connectivity index (χ0v) is 14.4. The van der Waals surface area contributed by atoms with Crippen molar-refractivity contribution in [3.8, 4) is 11.5 Å². The minimum absolute atomic E-state index is 0.0469. The molecular weight excluding hydrogens is 330 g/mol. The summed E-state index contributed by atoms with van der Waals surface area (Å²) < 4.78 is 5.47. The second-order valence-electron chi connectivity index (χ2n) is 5.78. The molecule has 1 heterocycles. The molecule has 3 rings (SSSR count). The predicted molar refractivity (Wildman–Crippen MR) is 99.1 cm³/mol. The fraction of sp³-hybridized carbons (Fsp3) is 0.150. The highest BCUT2D eigenvalue weighted by atomic mass is 16.3. The lowest BCUT2D eigenvalue weighted by atomic mass is 10.1. The van der Waals surface area contributed by atoms with Crippen molar-refractivity contribution in [2.45, 2.75) is 13.3 Å². The van der Waals surface area contributed by atoms with Crippen LogP contribution >= 0.6 is 0 Å². The van der Waals surface area contributed by atoms with E-state index in [1.165, 1.54) is 6.92 Å². The summed E-state index contributed by atoms with van der Waals surface area (Å²) >= 11 is 0. The predicted octanol–water partition coefficient (Wildman–Crippen LogP) is 3.91. The highest BCUT2D eigenvalue weighted by molar-refractivity contribution is 5.96. The van der Waals surface area contributed by atoms with Gasteiger partial charge < -0.3 is 15.1 Å². The van der Waals surface area contributed by atoms with Crippen LogP contribution in [0.5, 0.6) is 0 Å². The highest BCUT2D eigenvalue weighted by Crippen LogP contribution is 2.18. The molecule has 0 unspecified atom stereocenters. The first-order chi connectivity index (χ1) is 12.6. The number of carbonyl (C=O) groups is 2. The molecule has 0 bridgehead atoms. The van der Waals surface area contributed by atoms with Gasteiger partial charge >= 0.3 is 6.03 Å². The van der Waals surface area contributed by atoms with Crippen LogP contribution in [-0.4, -0.2) is 23.3 Å². The minimum Gasteiger partial charge on any atom is -0.444 e. The fourth-order valence-electron chi connectivity index (χ4n) is 2.43. The summed E-state index contributed by atoms with van der Waals surface area (Å²) in [6.45, 7) is 1.90. The largest absolute Gasteiger partial charge is 0.444 e. The molecule has 0 atom stereocenters. The van der Waals surface area contributed by atoms with E-state index in [2.05, 4.69) is 15.6 Å². The van der Waals surface area contributed by atoms with E-state index >= 15 is 0 Å². The number of aromatic nitrogens is 1. The Morgan fingerprint density at radius 2 is 1.88 bits per heavy atom. The quantitative estimate of drug-likeness (QED) is 0.661. The van der Waals surface area contributed by atoms with E-state index < -0.39 is 0 Å². The monoisotopic (exact) mass is 349 g/mol. The van der Waals surface area contributed by atoms with Gasteiger partial charge in [-0.3, -0.25) is 4.79 Å². The summed E-state index contributed by atoms with van der Waals surface area (Å²) in [4.78, 5) is 27.7. The van der Waals surface area contributed by atoms with Crippen LogP contribution in [0.2, 0.25) is 0 Å². The number of ketones is 1. The zero-order chi connectivity index (χ0) is 18.4. The third-order valence-electron chi connectivity index (χ3n) is 3.77. The van der Waals surface area contributed by atoms with E-state index in [4.69, 9.17) is 4.42 Å². The summed E-state index contributed by atoms with van der Waals surface area (Å²) in [7, 11) is 0. The molecule has 26 heavy (non-hydrogen) atoms. The first kappa shape index (κ1) is 17.4. The molecule has 0 radical (unpaired) electrons. The van der Waals surface area contributed by atoms with Gasteiger partial charge in [0.1, 0.15) is 6.26 Å². The fourth-order valence-corrected chi connectivity index (χ4v) is 2.43. The van der Waals surface area contributed by atoms with Crippen molar-refractivity contribution in [2.24, 2.45) is 0 Å². The Labute approximate surface area is 151 Å². The molecule has 3 aromatic rings. The second kappa shape index (κ2) is 8.11. The Bertz CT molecular complexity index is 903. The van der Waals surface area contributed by atoms with Crippen molar-refractivity contribution < 1.29 is 14.0 Å².